The standard InChI is InChI=1S/C14H15NO3S2/c1-3-17-10-6-5-9(7-11(10)18-4-2)8-12-13(16)15-14(19)20-12/h5-8H,3-4H2,1-2H3,(H,15,16,19)/b12-8-. The van der Waals surface area contributed by atoms with E-state index in [9.17, 15) is 4.79 Å². The topological polar surface area (TPSA) is 47.6 Å². The van der Waals surface area contributed by atoms with Gasteiger partial charge in [0, 0.05) is 0 Å². The number of nitrogens with one attached hydrogen (secondary N) is 1. The summed E-state index contributed by atoms with van der Waals surface area (Å²) in [5.74, 6) is 1.22. The molecule has 106 valence electrons. The van der Waals surface area contributed by atoms with Crippen LogP contribution in [0.2, 0.25) is 0 Å². The van der Waals surface area contributed by atoms with Crippen molar-refractivity contribution in [2.45, 2.75) is 13.8 Å². The van der Waals surface area contributed by atoms with Crippen molar-refractivity contribution in [1.29, 1.82) is 0 Å². The maximum atomic E-state index is 11.6. The number of hydrogen-bond donors (Lipinski definition) is 1. The predicted molar refractivity (Wildman–Crippen MR) is 85.1 cm³/mol. The van der Waals surface area contributed by atoms with Gasteiger partial charge in [0.15, 0.2) is 11.5 Å². The van der Waals surface area contributed by atoms with Gasteiger partial charge in [-0.2, -0.15) is 0 Å². The largest absolute Gasteiger partial charge is 0.490 e. The van der Waals surface area contributed by atoms with Crippen LogP contribution >= 0.6 is 24.0 Å². The molecule has 20 heavy (non-hydrogen) atoms. The maximum absolute atomic E-state index is 11.6. The van der Waals surface area contributed by atoms with Crippen molar-refractivity contribution in [3.05, 3.63) is 28.7 Å². The van der Waals surface area contributed by atoms with E-state index in [1.54, 1.807) is 6.08 Å². The lowest BCUT2D eigenvalue weighted by atomic mass is 10.2. The Balaban J connectivity index is 2.29. The van der Waals surface area contributed by atoms with Gasteiger partial charge in [0.2, 0.25) is 0 Å². The van der Waals surface area contributed by atoms with Crippen molar-refractivity contribution < 1.29 is 14.3 Å². The lowest BCUT2D eigenvalue weighted by Crippen LogP contribution is -2.17. The van der Waals surface area contributed by atoms with E-state index in [-0.39, 0.29) is 5.91 Å². The van der Waals surface area contributed by atoms with Crippen LogP contribution < -0.4 is 14.8 Å². The molecule has 1 amide bonds. The van der Waals surface area contributed by atoms with Crippen molar-refractivity contribution in [3.63, 3.8) is 0 Å². The van der Waals surface area contributed by atoms with Gasteiger partial charge in [-0.1, -0.05) is 30.0 Å². The van der Waals surface area contributed by atoms with Crippen LogP contribution in [-0.2, 0) is 4.79 Å². The van der Waals surface area contributed by atoms with Crippen LogP contribution in [-0.4, -0.2) is 23.4 Å². The van der Waals surface area contributed by atoms with E-state index in [1.165, 1.54) is 11.8 Å². The highest BCUT2D eigenvalue weighted by Crippen LogP contribution is 2.31. The van der Waals surface area contributed by atoms with Gasteiger partial charge < -0.3 is 14.8 Å². The van der Waals surface area contributed by atoms with Crippen molar-refractivity contribution >= 4 is 40.3 Å². The molecule has 1 fully saturated rings. The third-order valence-corrected chi connectivity index (χ3v) is 3.67. The lowest BCUT2D eigenvalue weighted by molar-refractivity contribution is -0.115. The van der Waals surface area contributed by atoms with Gasteiger partial charge in [-0.25, -0.2) is 0 Å². The van der Waals surface area contributed by atoms with Crippen LogP contribution in [0, 0.1) is 0 Å². The predicted octanol–water partition coefficient (Wildman–Crippen LogP) is 2.97. The Labute approximate surface area is 127 Å². The summed E-state index contributed by atoms with van der Waals surface area (Å²) in [6, 6.07) is 5.59. The molecule has 1 aromatic carbocycles. The number of hydrogen-bond acceptors (Lipinski definition) is 5. The van der Waals surface area contributed by atoms with Crippen LogP contribution in [0.1, 0.15) is 19.4 Å². The van der Waals surface area contributed by atoms with E-state index in [2.05, 4.69) is 5.32 Å². The van der Waals surface area contributed by atoms with Crippen molar-refractivity contribution in [1.82, 2.24) is 5.32 Å². The highest BCUT2D eigenvalue weighted by Gasteiger charge is 2.22. The van der Waals surface area contributed by atoms with E-state index in [0.29, 0.717) is 33.9 Å². The monoisotopic (exact) mass is 309 g/mol. The second kappa shape index (κ2) is 6.76. The Morgan fingerprint density at radius 2 is 1.95 bits per heavy atom. The molecule has 6 heteroatoms. The first kappa shape index (κ1) is 14.9. The second-order valence-electron chi connectivity index (χ2n) is 3.92. The van der Waals surface area contributed by atoms with Crippen molar-refractivity contribution in [2.75, 3.05) is 13.2 Å². The number of amides is 1. The Kier molecular flexibility index (Phi) is 5.03. The van der Waals surface area contributed by atoms with E-state index < -0.39 is 0 Å². The fourth-order valence-corrected chi connectivity index (χ4v) is 2.77. The molecular formula is C14H15NO3S2. The molecule has 4 nitrogen and oxygen atoms in total. The highest BCUT2D eigenvalue weighted by atomic mass is 32.2. The molecular weight excluding hydrogens is 294 g/mol. The van der Waals surface area contributed by atoms with Crippen LogP contribution in [0.15, 0.2) is 23.1 Å². The van der Waals surface area contributed by atoms with Crippen LogP contribution in [0.25, 0.3) is 6.08 Å². The summed E-state index contributed by atoms with van der Waals surface area (Å²) in [5, 5.41) is 2.59. The molecule has 1 aliphatic rings. The first-order valence-electron chi connectivity index (χ1n) is 6.28. The normalized spacial score (nSPS) is 16.4. The summed E-state index contributed by atoms with van der Waals surface area (Å²) in [5.41, 5.74) is 0.874. The summed E-state index contributed by atoms with van der Waals surface area (Å²) >= 11 is 6.22. The number of carbonyl (C=O) groups excluding carboxylic acids is 1. The molecule has 0 radical (unpaired) electrons. The number of rotatable bonds is 5. The number of ether oxygens (including phenoxy) is 2. The van der Waals surface area contributed by atoms with Crippen LogP contribution in [0.4, 0.5) is 0 Å². The molecule has 0 atom stereocenters. The molecule has 1 heterocycles. The third-order valence-electron chi connectivity index (χ3n) is 2.51. The lowest BCUT2D eigenvalue weighted by Gasteiger charge is -2.11. The molecule has 0 aliphatic carbocycles. The first-order valence-corrected chi connectivity index (χ1v) is 7.51. The Morgan fingerprint density at radius 1 is 1.25 bits per heavy atom. The maximum Gasteiger partial charge on any atom is 0.263 e. The minimum atomic E-state index is -0.160. The summed E-state index contributed by atoms with van der Waals surface area (Å²) < 4.78 is 11.5. The molecule has 1 aromatic rings. The summed E-state index contributed by atoms with van der Waals surface area (Å²) in [6.45, 7) is 4.97. The zero-order valence-corrected chi connectivity index (χ0v) is 12.9. The minimum absolute atomic E-state index is 0.160. The van der Waals surface area contributed by atoms with Gasteiger partial charge in [0.1, 0.15) is 4.32 Å². The zero-order chi connectivity index (χ0) is 14.5. The first-order chi connectivity index (χ1) is 9.63. The molecule has 1 saturated heterocycles. The van der Waals surface area contributed by atoms with Crippen LogP contribution in [0.5, 0.6) is 11.5 Å². The number of thioether (sulfide) groups is 1. The molecule has 0 unspecified atom stereocenters. The SMILES string of the molecule is CCOc1ccc(/C=C2\SC(=S)NC2=O)cc1OCC. The summed E-state index contributed by atoms with van der Waals surface area (Å²) in [6.07, 6.45) is 1.79. The van der Waals surface area contributed by atoms with Gasteiger partial charge in [-0.3, -0.25) is 4.79 Å². The molecule has 1 N–H and O–H groups in total. The molecule has 1 aliphatic heterocycles. The average Bonchev–Trinajstić information content (AvgIpc) is 2.71. The molecule has 0 bridgehead atoms. The van der Waals surface area contributed by atoms with Crippen molar-refractivity contribution in [3.8, 4) is 11.5 Å². The van der Waals surface area contributed by atoms with Gasteiger partial charge in [-0.05, 0) is 37.6 Å². The third kappa shape index (κ3) is 3.52. The van der Waals surface area contributed by atoms with Gasteiger partial charge >= 0.3 is 0 Å². The van der Waals surface area contributed by atoms with E-state index >= 15 is 0 Å². The van der Waals surface area contributed by atoms with E-state index in [1.807, 2.05) is 32.0 Å². The second-order valence-corrected chi connectivity index (χ2v) is 5.64. The van der Waals surface area contributed by atoms with Crippen LogP contribution in [0.3, 0.4) is 0 Å². The fraction of sp³-hybridized carbons (Fsp3) is 0.286. The van der Waals surface area contributed by atoms with E-state index in [0.717, 1.165) is 5.56 Å². The minimum Gasteiger partial charge on any atom is -0.490 e. The molecule has 0 aromatic heterocycles. The molecule has 2 rings (SSSR count). The van der Waals surface area contributed by atoms with Gasteiger partial charge in [-0.15, -0.1) is 0 Å². The average molecular weight is 309 g/mol. The summed E-state index contributed by atoms with van der Waals surface area (Å²) in [7, 11) is 0. The zero-order valence-electron chi connectivity index (χ0n) is 11.3. The van der Waals surface area contributed by atoms with Gasteiger partial charge in [0.05, 0.1) is 18.1 Å². The van der Waals surface area contributed by atoms with Gasteiger partial charge in [0.25, 0.3) is 5.91 Å². The Bertz CT molecular complexity index is 570. The Hall–Kier alpha value is -1.53. The number of carbonyl (C=O) groups is 1. The van der Waals surface area contributed by atoms with Crippen molar-refractivity contribution in [2.24, 2.45) is 0 Å². The quantitative estimate of drug-likeness (QED) is 0.669. The fourth-order valence-electron chi connectivity index (χ4n) is 1.73. The van der Waals surface area contributed by atoms with E-state index in [4.69, 9.17) is 21.7 Å². The molecule has 0 saturated carbocycles. The number of benzene rings is 1. The number of thiocarbonyl (C=S) groups is 1. The highest BCUT2D eigenvalue weighted by molar-refractivity contribution is 8.26. The smallest absolute Gasteiger partial charge is 0.263 e. The summed E-state index contributed by atoms with van der Waals surface area (Å²) in [4.78, 5) is 12.2. The Morgan fingerprint density at radius 3 is 2.55 bits per heavy atom. The molecule has 0 spiro atoms.